The molecule has 30 heavy (non-hydrogen) atoms. The molecule has 156 valence electrons. The number of para-hydroxylation sites is 1. The smallest absolute Gasteiger partial charge is 0.251 e. The lowest BCUT2D eigenvalue weighted by Crippen LogP contribution is -2.40. The minimum Gasteiger partial charge on any atom is -0.362 e. The number of benzene rings is 2. The van der Waals surface area contributed by atoms with E-state index >= 15 is 0 Å². The summed E-state index contributed by atoms with van der Waals surface area (Å²) in [5.74, 6) is 1.50. The van der Waals surface area contributed by atoms with Crippen LogP contribution >= 0.6 is 11.6 Å². The molecule has 3 aromatic rings. The minimum absolute atomic E-state index is 0.0672. The lowest BCUT2D eigenvalue weighted by atomic mass is 9.91. The fraction of sp³-hybridized carbons (Fsp3) is 0.348. The Labute approximate surface area is 181 Å². The van der Waals surface area contributed by atoms with Gasteiger partial charge >= 0.3 is 0 Å². The number of aromatic nitrogens is 2. The fourth-order valence-corrected chi connectivity index (χ4v) is 4.12. The zero-order valence-corrected chi connectivity index (χ0v) is 18.0. The zero-order valence-electron chi connectivity index (χ0n) is 17.2. The molecule has 7 heteroatoms. The molecule has 1 amide bonds. The van der Waals surface area contributed by atoms with Gasteiger partial charge in [0, 0.05) is 42.2 Å². The van der Waals surface area contributed by atoms with Gasteiger partial charge in [-0.2, -0.15) is 4.98 Å². The number of hydrogen-bond donors (Lipinski definition) is 2. The largest absolute Gasteiger partial charge is 0.362 e. The Kier molecular flexibility index (Phi) is 6.04. The Morgan fingerprint density at radius 1 is 1.00 bits per heavy atom. The van der Waals surface area contributed by atoms with Crippen LogP contribution < -0.4 is 15.5 Å². The molecule has 0 spiro atoms. The van der Waals surface area contributed by atoms with Gasteiger partial charge in [0.15, 0.2) is 0 Å². The van der Waals surface area contributed by atoms with Gasteiger partial charge in [0.2, 0.25) is 5.95 Å². The Balaban J connectivity index is 1.37. The van der Waals surface area contributed by atoms with Crippen LogP contribution in [0.4, 0.5) is 11.8 Å². The first-order valence-corrected chi connectivity index (χ1v) is 10.6. The average Bonchev–Trinajstić information content (AvgIpc) is 2.74. The molecule has 0 atom stereocenters. The van der Waals surface area contributed by atoms with Gasteiger partial charge in [0.25, 0.3) is 5.91 Å². The van der Waals surface area contributed by atoms with Gasteiger partial charge in [-0.05, 0) is 56.0 Å². The molecular weight excluding hydrogens is 398 g/mol. The molecule has 0 unspecified atom stereocenters. The molecule has 2 N–H and O–H groups in total. The van der Waals surface area contributed by atoms with Crippen LogP contribution in [-0.2, 0) is 0 Å². The Morgan fingerprint density at radius 2 is 1.73 bits per heavy atom. The first-order valence-electron chi connectivity index (χ1n) is 10.3. The van der Waals surface area contributed by atoms with Crippen molar-refractivity contribution < 1.29 is 4.79 Å². The molecule has 1 aromatic heterocycles. The van der Waals surface area contributed by atoms with E-state index in [2.05, 4.69) is 10.6 Å². The quantitative estimate of drug-likeness (QED) is 0.632. The lowest BCUT2D eigenvalue weighted by Gasteiger charge is -2.30. The second-order valence-electron chi connectivity index (χ2n) is 7.96. The van der Waals surface area contributed by atoms with Gasteiger partial charge in [0.1, 0.15) is 5.82 Å². The lowest BCUT2D eigenvalue weighted by molar-refractivity contribution is 0.0926. The maximum atomic E-state index is 12.5. The first-order chi connectivity index (χ1) is 14.5. The SMILES string of the molecule is CN(C)c1nc(N[C@H]2CC[C@@H](NC(=O)c3cccc(Cl)c3)CC2)nc2ccccc12. The second kappa shape index (κ2) is 8.88. The number of fused-ring (bicyclic) bond motifs is 1. The molecule has 0 radical (unpaired) electrons. The average molecular weight is 424 g/mol. The molecule has 1 aliphatic carbocycles. The van der Waals surface area contributed by atoms with Crippen molar-refractivity contribution in [1.82, 2.24) is 15.3 Å². The normalized spacial score (nSPS) is 18.8. The van der Waals surface area contributed by atoms with Gasteiger partial charge in [0.05, 0.1) is 5.52 Å². The molecule has 0 saturated heterocycles. The Morgan fingerprint density at radius 3 is 2.47 bits per heavy atom. The maximum Gasteiger partial charge on any atom is 0.251 e. The highest BCUT2D eigenvalue weighted by atomic mass is 35.5. The third-order valence-electron chi connectivity index (χ3n) is 5.49. The van der Waals surface area contributed by atoms with Crippen LogP contribution in [-0.4, -0.2) is 42.1 Å². The highest BCUT2D eigenvalue weighted by molar-refractivity contribution is 6.30. The monoisotopic (exact) mass is 423 g/mol. The van der Waals surface area contributed by atoms with E-state index < -0.39 is 0 Å². The molecule has 1 fully saturated rings. The van der Waals surface area contributed by atoms with E-state index in [-0.39, 0.29) is 11.9 Å². The third kappa shape index (κ3) is 4.65. The highest BCUT2D eigenvalue weighted by Crippen LogP contribution is 2.26. The number of amides is 1. The predicted molar refractivity (Wildman–Crippen MR) is 122 cm³/mol. The summed E-state index contributed by atoms with van der Waals surface area (Å²) >= 11 is 5.99. The van der Waals surface area contributed by atoms with Crippen molar-refractivity contribution in [2.24, 2.45) is 0 Å². The van der Waals surface area contributed by atoms with Gasteiger partial charge in [-0.1, -0.05) is 29.8 Å². The molecule has 1 heterocycles. The second-order valence-corrected chi connectivity index (χ2v) is 8.40. The number of anilines is 2. The van der Waals surface area contributed by atoms with Crippen LogP contribution in [0.5, 0.6) is 0 Å². The van der Waals surface area contributed by atoms with E-state index in [0.717, 1.165) is 42.4 Å². The van der Waals surface area contributed by atoms with Gasteiger partial charge in [-0.25, -0.2) is 4.98 Å². The van der Waals surface area contributed by atoms with E-state index in [9.17, 15) is 4.79 Å². The third-order valence-corrected chi connectivity index (χ3v) is 5.72. The molecule has 4 rings (SSSR count). The van der Waals surface area contributed by atoms with Crippen LogP contribution in [0, 0.1) is 0 Å². The number of rotatable bonds is 5. The number of carbonyl (C=O) groups is 1. The number of nitrogens with one attached hydrogen (secondary N) is 2. The summed E-state index contributed by atoms with van der Waals surface area (Å²) in [7, 11) is 3.98. The maximum absolute atomic E-state index is 12.5. The van der Waals surface area contributed by atoms with E-state index in [4.69, 9.17) is 21.6 Å². The summed E-state index contributed by atoms with van der Waals surface area (Å²) in [5.41, 5.74) is 1.53. The summed E-state index contributed by atoms with van der Waals surface area (Å²) in [6, 6.07) is 15.6. The molecule has 0 aliphatic heterocycles. The summed E-state index contributed by atoms with van der Waals surface area (Å²) in [5, 5.41) is 8.25. The number of nitrogens with zero attached hydrogens (tertiary/aromatic N) is 3. The summed E-state index contributed by atoms with van der Waals surface area (Å²) < 4.78 is 0. The predicted octanol–water partition coefficient (Wildman–Crippen LogP) is 4.50. The Bertz CT molecular complexity index is 1050. The van der Waals surface area contributed by atoms with Crippen molar-refractivity contribution in [2.75, 3.05) is 24.3 Å². The van der Waals surface area contributed by atoms with E-state index in [0.29, 0.717) is 22.6 Å². The molecular formula is C23H26ClN5O. The summed E-state index contributed by atoms with van der Waals surface area (Å²) in [6.07, 6.45) is 3.73. The van der Waals surface area contributed by atoms with Crippen LogP contribution in [0.3, 0.4) is 0 Å². The molecule has 6 nitrogen and oxygen atoms in total. The van der Waals surface area contributed by atoms with Gasteiger partial charge < -0.3 is 15.5 Å². The van der Waals surface area contributed by atoms with Crippen molar-refractivity contribution in [3.05, 3.63) is 59.1 Å². The topological polar surface area (TPSA) is 70.2 Å². The van der Waals surface area contributed by atoms with E-state index in [1.54, 1.807) is 24.3 Å². The highest BCUT2D eigenvalue weighted by Gasteiger charge is 2.24. The molecule has 2 aromatic carbocycles. The van der Waals surface area contributed by atoms with Crippen molar-refractivity contribution >= 4 is 40.2 Å². The Hall–Kier alpha value is -2.86. The van der Waals surface area contributed by atoms with E-state index in [1.807, 2.05) is 43.3 Å². The summed E-state index contributed by atoms with van der Waals surface area (Å²) in [6.45, 7) is 0. The van der Waals surface area contributed by atoms with Crippen LogP contribution in [0.25, 0.3) is 10.9 Å². The standard InChI is InChI=1S/C23H26ClN5O/c1-29(2)21-19-8-3-4-9-20(19)27-23(28-21)26-18-12-10-17(11-13-18)25-22(30)15-6-5-7-16(24)14-15/h3-9,14,17-18H,10-13H2,1-2H3,(H,25,30)(H,26,27,28)/t17-,18+. The van der Waals surface area contributed by atoms with Gasteiger partial charge in [-0.3, -0.25) is 4.79 Å². The molecule has 0 bridgehead atoms. The molecule has 1 aliphatic rings. The number of hydrogen-bond acceptors (Lipinski definition) is 5. The van der Waals surface area contributed by atoms with Crippen LogP contribution in [0.1, 0.15) is 36.0 Å². The van der Waals surface area contributed by atoms with E-state index in [1.165, 1.54) is 0 Å². The molecule has 1 saturated carbocycles. The van der Waals surface area contributed by atoms with Crippen molar-refractivity contribution in [3.63, 3.8) is 0 Å². The minimum atomic E-state index is -0.0672. The van der Waals surface area contributed by atoms with Crippen molar-refractivity contribution in [3.8, 4) is 0 Å². The number of carbonyl (C=O) groups excluding carboxylic acids is 1. The van der Waals surface area contributed by atoms with Crippen molar-refractivity contribution in [1.29, 1.82) is 0 Å². The van der Waals surface area contributed by atoms with Gasteiger partial charge in [-0.15, -0.1) is 0 Å². The van der Waals surface area contributed by atoms with Crippen molar-refractivity contribution in [2.45, 2.75) is 37.8 Å². The van der Waals surface area contributed by atoms with Crippen LogP contribution in [0.15, 0.2) is 48.5 Å². The fourth-order valence-electron chi connectivity index (χ4n) is 3.93. The number of halogens is 1. The first kappa shape index (κ1) is 20.4. The summed E-state index contributed by atoms with van der Waals surface area (Å²) in [4.78, 5) is 23.9. The zero-order chi connectivity index (χ0) is 21.1. The van der Waals surface area contributed by atoms with Crippen LogP contribution in [0.2, 0.25) is 5.02 Å².